The van der Waals surface area contributed by atoms with Crippen LogP contribution in [-0.2, 0) is 6.42 Å². The summed E-state index contributed by atoms with van der Waals surface area (Å²) in [5.74, 6) is 0. The number of hydrogen-bond acceptors (Lipinski definition) is 1. The van der Waals surface area contributed by atoms with Crippen molar-refractivity contribution in [2.45, 2.75) is 12.8 Å². The first-order valence-electron chi connectivity index (χ1n) is 3.16. The number of aromatic amines is 1. The third kappa shape index (κ3) is 1.90. The number of hydrogen-bond donors (Lipinski definition) is 2. The molecule has 0 saturated heterocycles. The van der Waals surface area contributed by atoms with Crippen LogP contribution in [0.4, 0.5) is 0 Å². The van der Waals surface area contributed by atoms with Crippen LogP contribution in [0.25, 0.3) is 0 Å². The van der Waals surface area contributed by atoms with E-state index in [1.54, 1.807) is 0 Å². The molecule has 0 unspecified atom stereocenters. The number of aliphatic hydroxyl groups is 1. The van der Waals surface area contributed by atoms with Crippen LogP contribution in [-0.4, -0.2) is 16.7 Å². The van der Waals surface area contributed by atoms with Gasteiger partial charge in [-0.05, 0) is 24.5 Å². The van der Waals surface area contributed by atoms with Crippen molar-refractivity contribution in [2.24, 2.45) is 0 Å². The molecule has 2 nitrogen and oxygen atoms in total. The number of H-pyrrole nitrogens is 1. The molecule has 0 fully saturated rings. The minimum atomic E-state index is 0.283. The second-order valence-electron chi connectivity index (χ2n) is 2.05. The van der Waals surface area contributed by atoms with Crippen LogP contribution in [0.1, 0.15) is 12.0 Å². The SMILES string of the molecule is OCCCc1cc[nH]c1. The highest BCUT2D eigenvalue weighted by Crippen LogP contribution is 1.99. The molecule has 0 aliphatic rings. The maximum atomic E-state index is 8.45. The van der Waals surface area contributed by atoms with Gasteiger partial charge in [-0.3, -0.25) is 0 Å². The van der Waals surface area contributed by atoms with E-state index in [4.69, 9.17) is 5.11 Å². The molecular formula is C7H11NO. The van der Waals surface area contributed by atoms with Crippen LogP contribution in [0.2, 0.25) is 0 Å². The van der Waals surface area contributed by atoms with Gasteiger partial charge in [0.2, 0.25) is 0 Å². The summed E-state index contributed by atoms with van der Waals surface area (Å²) < 4.78 is 0. The number of aliphatic hydroxyl groups excluding tert-OH is 1. The van der Waals surface area contributed by atoms with Gasteiger partial charge in [0.25, 0.3) is 0 Å². The Morgan fingerprint density at radius 1 is 1.56 bits per heavy atom. The minimum Gasteiger partial charge on any atom is -0.396 e. The number of nitrogens with one attached hydrogen (secondary N) is 1. The van der Waals surface area contributed by atoms with E-state index in [0.717, 1.165) is 12.8 Å². The maximum absolute atomic E-state index is 8.45. The van der Waals surface area contributed by atoms with Gasteiger partial charge < -0.3 is 10.1 Å². The lowest BCUT2D eigenvalue weighted by Crippen LogP contribution is -1.85. The largest absolute Gasteiger partial charge is 0.396 e. The van der Waals surface area contributed by atoms with Gasteiger partial charge in [0.15, 0.2) is 0 Å². The van der Waals surface area contributed by atoms with Gasteiger partial charge in [-0.2, -0.15) is 0 Å². The van der Waals surface area contributed by atoms with Gasteiger partial charge in [-0.25, -0.2) is 0 Å². The molecule has 1 rings (SSSR count). The van der Waals surface area contributed by atoms with Crippen molar-refractivity contribution < 1.29 is 5.11 Å². The fourth-order valence-electron chi connectivity index (χ4n) is 0.797. The van der Waals surface area contributed by atoms with Crippen molar-refractivity contribution in [3.05, 3.63) is 24.0 Å². The molecule has 2 heteroatoms. The first kappa shape index (κ1) is 6.36. The standard InChI is InChI=1S/C7H11NO/c9-5-1-2-7-3-4-8-6-7/h3-4,6,8-9H,1-2,5H2. The smallest absolute Gasteiger partial charge is 0.0434 e. The van der Waals surface area contributed by atoms with Crippen LogP contribution >= 0.6 is 0 Å². The lowest BCUT2D eigenvalue weighted by molar-refractivity contribution is 0.288. The summed E-state index contributed by atoms with van der Waals surface area (Å²) in [7, 11) is 0. The van der Waals surface area contributed by atoms with Crippen LogP contribution in [0.3, 0.4) is 0 Å². The monoisotopic (exact) mass is 125 g/mol. The number of aromatic nitrogens is 1. The molecule has 0 aliphatic heterocycles. The third-order valence-electron chi connectivity index (χ3n) is 1.29. The van der Waals surface area contributed by atoms with E-state index in [0.29, 0.717) is 0 Å². The predicted octanol–water partition coefficient (Wildman–Crippen LogP) is 0.940. The molecule has 0 aliphatic carbocycles. The minimum absolute atomic E-state index is 0.283. The highest BCUT2D eigenvalue weighted by atomic mass is 16.2. The van der Waals surface area contributed by atoms with E-state index < -0.39 is 0 Å². The second-order valence-corrected chi connectivity index (χ2v) is 2.05. The van der Waals surface area contributed by atoms with Gasteiger partial charge >= 0.3 is 0 Å². The molecular weight excluding hydrogens is 114 g/mol. The molecule has 9 heavy (non-hydrogen) atoms. The highest BCUT2D eigenvalue weighted by Gasteiger charge is 1.89. The number of rotatable bonds is 3. The zero-order valence-corrected chi connectivity index (χ0v) is 5.30. The lowest BCUT2D eigenvalue weighted by Gasteiger charge is -1.90. The van der Waals surface area contributed by atoms with Crippen molar-refractivity contribution in [3.63, 3.8) is 0 Å². The Bertz CT molecular complexity index is 146. The molecule has 2 N–H and O–H groups in total. The van der Waals surface area contributed by atoms with Gasteiger partial charge in [-0.15, -0.1) is 0 Å². The molecule has 0 amide bonds. The summed E-state index contributed by atoms with van der Waals surface area (Å²) in [6, 6.07) is 2.02. The molecule has 0 radical (unpaired) electrons. The Kier molecular flexibility index (Phi) is 2.33. The Hall–Kier alpha value is -0.760. The molecule has 0 aromatic carbocycles. The van der Waals surface area contributed by atoms with Crippen LogP contribution in [0.15, 0.2) is 18.5 Å². The van der Waals surface area contributed by atoms with E-state index in [9.17, 15) is 0 Å². The Balaban J connectivity index is 2.30. The molecule has 1 heterocycles. The van der Waals surface area contributed by atoms with Crippen molar-refractivity contribution in [1.82, 2.24) is 4.98 Å². The summed E-state index contributed by atoms with van der Waals surface area (Å²) in [6.45, 7) is 0.283. The Morgan fingerprint density at radius 2 is 2.44 bits per heavy atom. The summed E-state index contributed by atoms with van der Waals surface area (Å²) in [4.78, 5) is 2.96. The average Bonchev–Trinajstić information content (AvgIpc) is 2.34. The predicted molar refractivity (Wildman–Crippen MR) is 36.2 cm³/mol. The lowest BCUT2D eigenvalue weighted by atomic mass is 10.2. The first-order chi connectivity index (χ1) is 4.43. The van der Waals surface area contributed by atoms with Gasteiger partial charge in [0, 0.05) is 19.0 Å². The summed E-state index contributed by atoms with van der Waals surface area (Å²) in [6.07, 6.45) is 5.68. The van der Waals surface area contributed by atoms with E-state index >= 15 is 0 Å². The first-order valence-corrected chi connectivity index (χ1v) is 3.16. The van der Waals surface area contributed by atoms with E-state index in [1.807, 2.05) is 18.5 Å². The molecule has 0 saturated carbocycles. The fraction of sp³-hybridized carbons (Fsp3) is 0.429. The highest BCUT2D eigenvalue weighted by molar-refractivity contribution is 5.07. The van der Waals surface area contributed by atoms with Crippen LogP contribution in [0, 0.1) is 0 Å². The quantitative estimate of drug-likeness (QED) is 0.619. The average molecular weight is 125 g/mol. The van der Waals surface area contributed by atoms with Gasteiger partial charge in [0.05, 0.1) is 0 Å². The summed E-state index contributed by atoms with van der Waals surface area (Å²) in [5.41, 5.74) is 1.27. The molecule has 0 bridgehead atoms. The second kappa shape index (κ2) is 3.30. The van der Waals surface area contributed by atoms with Crippen LogP contribution < -0.4 is 0 Å². The van der Waals surface area contributed by atoms with Gasteiger partial charge in [-0.1, -0.05) is 0 Å². The van der Waals surface area contributed by atoms with Crippen molar-refractivity contribution in [1.29, 1.82) is 0 Å². The van der Waals surface area contributed by atoms with E-state index in [-0.39, 0.29) is 6.61 Å². The molecule has 1 aromatic rings. The van der Waals surface area contributed by atoms with Gasteiger partial charge in [0.1, 0.15) is 0 Å². The van der Waals surface area contributed by atoms with Crippen LogP contribution in [0.5, 0.6) is 0 Å². The third-order valence-corrected chi connectivity index (χ3v) is 1.29. The van der Waals surface area contributed by atoms with E-state index in [1.165, 1.54) is 5.56 Å². The zero-order chi connectivity index (χ0) is 6.53. The van der Waals surface area contributed by atoms with E-state index in [2.05, 4.69) is 4.98 Å². The topological polar surface area (TPSA) is 36.0 Å². The maximum Gasteiger partial charge on any atom is 0.0434 e. The van der Waals surface area contributed by atoms with Crippen molar-refractivity contribution in [2.75, 3.05) is 6.61 Å². The molecule has 50 valence electrons. The molecule has 0 spiro atoms. The number of aryl methyl sites for hydroxylation is 1. The zero-order valence-electron chi connectivity index (χ0n) is 5.30. The fourth-order valence-corrected chi connectivity index (χ4v) is 0.797. The van der Waals surface area contributed by atoms with Crippen molar-refractivity contribution in [3.8, 4) is 0 Å². The van der Waals surface area contributed by atoms with Crippen molar-refractivity contribution >= 4 is 0 Å². The summed E-state index contributed by atoms with van der Waals surface area (Å²) >= 11 is 0. The Labute approximate surface area is 54.5 Å². The molecule has 1 aromatic heterocycles. The molecule has 0 atom stereocenters. The Morgan fingerprint density at radius 3 is 3.00 bits per heavy atom. The summed E-state index contributed by atoms with van der Waals surface area (Å²) in [5, 5.41) is 8.45. The normalized spacial score (nSPS) is 9.89.